The first-order valence-corrected chi connectivity index (χ1v) is 10.3. The number of thiophene rings is 1. The molecule has 0 amide bonds. The molecule has 0 bridgehead atoms. The van der Waals surface area contributed by atoms with Crippen molar-refractivity contribution in [2.75, 3.05) is 47.5 Å². The summed E-state index contributed by atoms with van der Waals surface area (Å²) in [7, 11) is 5.00. The number of nitrogens with zero attached hydrogens (tertiary/aromatic N) is 1. The van der Waals surface area contributed by atoms with Gasteiger partial charge in [-0.15, -0.1) is 11.3 Å². The van der Waals surface area contributed by atoms with Crippen molar-refractivity contribution in [1.82, 2.24) is 10.2 Å². The first kappa shape index (κ1) is 19.1. The minimum absolute atomic E-state index is 0.106. The number of methoxy groups -OCH3 is 3. The number of piperazine rings is 1. The molecule has 1 atom stereocenters. The normalized spacial score (nSPS) is 16.1. The summed E-state index contributed by atoms with van der Waals surface area (Å²) in [5, 5.41) is 4.73. The van der Waals surface area contributed by atoms with Crippen LogP contribution >= 0.6 is 11.3 Å². The zero-order chi connectivity index (χ0) is 19.5. The van der Waals surface area contributed by atoms with E-state index in [1.165, 1.54) is 15.0 Å². The van der Waals surface area contributed by atoms with Gasteiger partial charge in [0.25, 0.3) is 0 Å². The molecule has 1 fully saturated rings. The molecule has 3 aromatic rings. The molecule has 148 valence electrons. The number of hydrogen-bond donors (Lipinski definition) is 1. The zero-order valence-electron chi connectivity index (χ0n) is 16.5. The van der Waals surface area contributed by atoms with Crippen molar-refractivity contribution in [2.45, 2.75) is 6.04 Å². The van der Waals surface area contributed by atoms with Crippen LogP contribution < -0.4 is 19.5 Å². The standard InChI is InChI=1S/C22H26N2O3S/c1-25-17-9-8-16(21(26-2)22(17)27-3)20(24-12-10-23-11-13-24)19-14-15-6-4-5-7-18(15)28-19/h4-9,14,20,23H,10-13H2,1-3H3. The first-order valence-electron chi connectivity index (χ1n) is 9.49. The van der Waals surface area contributed by atoms with E-state index >= 15 is 0 Å². The van der Waals surface area contributed by atoms with Gasteiger partial charge in [0.2, 0.25) is 5.75 Å². The van der Waals surface area contributed by atoms with Crippen LogP contribution in [-0.2, 0) is 0 Å². The molecule has 1 N–H and O–H groups in total. The van der Waals surface area contributed by atoms with Gasteiger partial charge in [0.05, 0.1) is 27.4 Å². The summed E-state index contributed by atoms with van der Waals surface area (Å²) in [4.78, 5) is 3.83. The monoisotopic (exact) mass is 398 g/mol. The van der Waals surface area contributed by atoms with E-state index in [0.717, 1.165) is 37.5 Å². The van der Waals surface area contributed by atoms with Gasteiger partial charge in [0, 0.05) is 41.3 Å². The quantitative estimate of drug-likeness (QED) is 0.682. The highest BCUT2D eigenvalue weighted by atomic mass is 32.1. The molecule has 1 aromatic heterocycles. The van der Waals surface area contributed by atoms with Gasteiger partial charge in [-0.3, -0.25) is 4.90 Å². The Balaban J connectivity index is 1.88. The van der Waals surface area contributed by atoms with Gasteiger partial charge < -0.3 is 19.5 Å². The Morgan fingerprint density at radius 1 is 0.929 bits per heavy atom. The van der Waals surface area contributed by atoms with E-state index in [1.54, 1.807) is 21.3 Å². The summed E-state index contributed by atoms with van der Waals surface area (Å²) in [5.41, 5.74) is 1.11. The van der Waals surface area contributed by atoms with Crippen molar-refractivity contribution < 1.29 is 14.2 Å². The smallest absolute Gasteiger partial charge is 0.203 e. The molecular formula is C22H26N2O3S. The number of nitrogens with one attached hydrogen (secondary N) is 1. The fraction of sp³-hybridized carbons (Fsp3) is 0.364. The third-order valence-corrected chi connectivity index (χ3v) is 6.43. The summed E-state index contributed by atoms with van der Waals surface area (Å²) in [6.45, 7) is 3.93. The molecule has 6 heteroatoms. The Labute approximate surface area is 169 Å². The molecule has 0 spiro atoms. The van der Waals surface area contributed by atoms with Crippen LogP contribution in [0.2, 0.25) is 0 Å². The topological polar surface area (TPSA) is 43.0 Å². The predicted octanol–water partition coefficient (Wildman–Crippen LogP) is 3.92. The molecular weight excluding hydrogens is 372 g/mol. The van der Waals surface area contributed by atoms with E-state index in [4.69, 9.17) is 14.2 Å². The molecule has 2 heterocycles. The Hall–Kier alpha value is -2.28. The molecule has 0 radical (unpaired) electrons. The van der Waals surface area contributed by atoms with Crippen molar-refractivity contribution in [3.8, 4) is 17.2 Å². The van der Waals surface area contributed by atoms with Crippen LogP contribution in [0.5, 0.6) is 17.2 Å². The lowest BCUT2D eigenvalue weighted by Crippen LogP contribution is -2.45. The van der Waals surface area contributed by atoms with Crippen LogP contribution in [0.1, 0.15) is 16.5 Å². The highest BCUT2D eigenvalue weighted by Gasteiger charge is 2.30. The SMILES string of the molecule is COc1ccc(C(c2cc3ccccc3s2)N2CCNCC2)c(OC)c1OC. The van der Waals surface area contributed by atoms with Crippen molar-refractivity contribution in [3.63, 3.8) is 0 Å². The Bertz CT molecular complexity index is 917. The number of hydrogen-bond acceptors (Lipinski definition) is 6. The van der Waals surface area contributed by atoms with Gasteiger partial charge in [-0.1, -0.05) is 18.2 Å². The van der Waals surface area contributed by atoms with Gasteiger partial charge in [0.15, 0.2) is 11.5 Å². The van der Waals surface area contributed by atoms with Crippen LogP contribution in [0.15, 0.2) is 42.5 Å². The lowest BCUT2D eigenvalue weighted by molar-refractivity contribution is 0.196. The number of fused-ring (bicyclic) bond motifs is 1. The number of rotatable bonds is 6. The van der Waals surface area contributed by atoms with Crippen LogP contribution in [0.3, 0.4) is 0 Å². The summed E-state index contributed by atoms with van der Waals surface area (Å²) >= 11 is 1.85. The van der Waals surface area contributed by atoms with E-state index in [9.17, 15) is 0 Å². The molecule has 28 heavy (non-hydrogen) atoms. The molecule has 1 saturated heterocycles. The minimum Gasteiger partial charge on any atom is -0.493 e. The van der Waals surface area contributed by atoms with Crippen molar-refractivity contribution in [2.24, 2.45) is 0 Å². The zero-order valence-corrected chi connectivity index (χ0v) is 17.3. The highest BCUT2D eigenvalue weighted by Crippen LogP contribution is 2.47. The van der Waals surface area contributed by atoms with Gasteiger partial charge in [-0.2, -0.15) is 0 Å². The maximum atomic E-state index is 5.83. The Morgan fingerprint density at radius 2 is 1.68 bits per heavy atom. The molecule has 5 nitrogen and oxygen atoms in total. The third kappa shape index (κ3) is 3.43. The number of ether oxygens (including phenoxy) is 3. The second kappa shape index (κ2) is 8.39. The van der Waals surface area contributed by atoms with E-state index in [0.29, 0.717) is 11.5 Å². The van der Waals surface area contributed by atoms with Crippen LogP contribution in [0.25, 0.3) is 10.1 Å². The highest BCUT2D eigenvalue weighted by molar-refractivity contribution is 7.19. The van der Waals surface area contributed by atoms with E-state index < -0.39 is 0 Å². The molecule has 1 aliphatic heterocycles. The molecule has 0 aliphatic carbocycles. The average molecular weight is 399 g/mol. The van der Waals surface area contributed by atoms with Gasteiger partial charge in [0.1, 0.15) is 0 Å². The van der Waals surface area contributed by atoms with E-state index in [1.807, 2.05) is 17.4 Å². The first-order chi connectivity index (χ1) is 13.8. The minimum atomic E-state index is 0.106. The van der Waals surface area contributed by atoms with Gasteiger partial charge >= 0.3 is 0 Å². The van der Waals surface area contributed by atoms with Crippen molar-refractivity contribution in [3.05, 3.63) is 52.9 Å². The maximum absolute atomic E-state index is 5.83. The molecule has 0 saturated carbocycles. The van der Waals surface area contributed by atoms with Crippen LogP contribution in [0.4, 0.5) is 0 Å². The summed E-state index contributed by atoms with van der Waals surface area (Å²) in [6.07, 6.45) is 0. The van der Waals surface area contributed by atoms with Crippen LogP contribution in [0, 0.1) is 0 Å². The summed E-state index contributed by atoms with van der Waals surface area (Å²) < 4.78 is 18.3. The van der Waals surface area contributed by atoms with Gasteiger partial charge in [-0.25, -0.2) is 0 Å². The number of benzene rings is 2. The lowest BCUT2D eigenvalue weighted by atomic mass is 10.00. The average Bonchev–Trinajstić information content (AvgIpc) is 3.17. The summed E-state index contributed by atoms with van der Waals surface area (Å²) in [6, 6.07) is 15.0. The molecule has 4 rings (SSSR count). The Morgan fingerprint density at radius 3 is 2.36 bits per heavy atom. The van der Waals surface area contributed by atoms with E-state index in [-0.39, 0.29) is 6.04 Å². The van der Waals surface area contributed by atoms with Crippen molar-refractivity contribution in [1.29, 1.82) is 0 Å². The molecule has 1 aliphatic rings. The van der Waals surface area contributed by atoms with Crippen LogP contribution in [-0.4, -0.2) is 52.4 Å². The fourth-order valence-corrected chi connectivity index (χ4v) is 5.17. The second-order valence-corrected chi connectivity index (χ2v) is 7.91. The fourth-order valence-electron chi connectivity index (χ4n) is 3.95. The predicted molar refractivity (Wildman–Crippen MR) is 114 cm³/mol. The van der Waals surface area contributed by atoms with Gasteiger partial charge in [-0.05, 0) is 29.7 Å². The largest absolute Gasteiger partial charge is 0.493 e. The lowest BCUT2D eigenvalue weighted by Gasteiger charge is -2.35. The Kier molecular flexibility index (Phi) is 5.71. The molecule has 2 aromatic carbocycles. The van der Waals surface area contributed by atoms with Crippen molar-refractivity contribution >= 4 is 21.4 Å². The van der Waals surface area contributed by atoms with E-state index in [2.05, 4.69) is 46.6 Å². The maximum Gasteiger partial charge on any atom is 0.203 e. The summed E-state index contributed by atoms with van der Waals surface area (Å²) in [5.74, 6) is 2.06. The third-order valence-electron chi connectivity index (χ3n) is 5.26. The molecule has 1 unspecified atom stereocenters. The second-order valence-electron chi connectivity index (χ2n) is 6.80.